The summed E-state index contributed by atoms with van der Waals surface area (Å²) in [7, 11) is 0. The van der Waals surface area contributed by atoms with Crippen LogP contribution in [-0.2, 0) is 17.9 Å². The van der Waals surface area contributed by atoms with Gasteiger partial charge in [-0.05, 0) is 36.0 Å². The first kappa shape index (κ1) is 14.4. The first-order chi connectivity index (χ1) is 10.2. The van der Waals surface area contributed by atoms with Crippen LogP contribution in [0.1, 0.15) is 17.6 Å². The largest absolute Gasteiger partial charge is 0.467 e. The van der Waals surface area contributed by atoms with Crippen molar-refractivity contribution in [2.75, 3.05) is 13.1 Å². The van der Waals surface area contributed by atoms with Gasteiger partial charge in [0.25, 0.3) is 0 Å². The molecule has 5 heteroatoms. The molecule has 0 saturated carbocycles. The van der Waals surface area contributed by atoms with Gasteiger partial charge >= 0.3 is 0 Å². The molecule has 0 bridgehead atoms. The lowest BCUT2D eigenvalue weighted by molar-refractivity contribution is -0.137. The van der Waals surface area contributed by atoms with Gasteiger partial charge in [-0.15, -0.1) is 11.3 Å². The van der Waals surface area contributed by atoms with E-state index in [9.17, 15) is 4.79 Å². The van der Waals surface area contributed by atoms with Gasteiger partial charge in [0.2, 0.25) is 5.91 Å². The van der Waals surface area contributed by atoms with E-state index in [1.807, 2.05) is 28.5 Å². The average molecular weight is 304 g/mol. The number of nitrogens with one attached hydrogen (secondary N) is 1. The molecule has 1 N–H and O–H groups in total. The second-order valence-corrected chi connectivity index (χ2v) is 6.63. The lowest BCUT2D eigenvalue weighted by atomic mass is 9.96. The molecule has 1 amide bonds. The highest BCUT2D eigenvalue weighted by Crippen LogP contribution is 2.22. The molecule has 21 heavy (non-hydrogen) atoms. The molecular formula is C16H20N2O2S. The van der Waals surface area contributed by atoms with Crippen molar-refractivity contribution in [1.82, 2.24) is 10.2 Å². The van der Waals surface area contributed by atoms with Crippen LogP contribution < -0.4 is 5.32 Å². The molecule has 3 rings (SSSR count). The normalized spacial score (nSPS) is 21.6. The molecule has 0 unspecified atom stereocenters. The van der Waals surface area contributed by atoms with Crippen molar-refractivity contribution in [3.05, 3.63) is 46.5 Å². The molecule has 0 radical (unpaired) electrons. The minimum Gasteiger partial charge on any atom is -0.467 e. The predicted octanol–water partition coefficient (Wildman–Crippen LogP) is 2.73. The Hall–Kier alpha value is -1.59. The highest BCUT2D eigenvalue weighted by molar-refractivity contribution is 7.09. The van der Waals surface area contributed by atoms with Crippen LogP contribution in [0.15, 0.2) is 40.3 Å². The van der Waals surface area contributed by atoms with Crippen LogP contribution in [0.25, 0.3) is 0 Å². The lowest BCUT2D eigenvalue weighted by Crippen LogP contribution is -2.37. The van der Waals surface area contributed by atoms with E-state index >= 15 is 0 Å². The molecule has 3 heterocycles. The van der Waals surface area contributed by atoms with E-state index < -0.39 is 0 Å². The Balaban J connectivity index is 1.75. The van der Waals surface area contributed by atoms with E-state index in [0.29, 0.717) is 19.0 Å². The Morgan fingerprint density at radius 3 is 2.90 bits per heavy atom. The zero-order valence-electron chi connectivity index (χ0n) is 12.1. The summed E-state index contributed by atoms with van der Waals surface area (Å²) in [6, 6.07) is 7.88. The fourth-order valence-corrected chi connectivity index (χ4v) is 3.49. The number of carbonyl (C=O) groups excluding carboxylic acids is 1. The number of thiophene rings is 1. The summed E-state index contributed by atoms with van der Waals surface area (Å²) in [6.07, 6.45) is 1.66. The van der Waals surface area contributed by atoms with Gasteiger partial charge in [0.05, 0.1) is 25.3 Å². The molecule has 2 aromatic heterocycles. The van der Waals surface area contributed by atoms with Crippen molar-refractivity contribution in [3.63, 3.8) is 0 Å². The number of carbonyl (C=O) groups is 1. The summed E-state index contributed by atoms with van der Waals surface area (Å²) in [5.41, 5.74) is 0. The minimum atomic E-state index is 0.0694. The number of furan rings is 1. The average Bonchev–Trinajstić information content (AvgIpc) is 3.19. The maximum absolute atomic E-state index is 12.9. The van der Waals surface area contributed by atoms with Crippen LogP contribution in [0, 0.1) is 11.8 Å². The van der Waals surface area contributed by atoms with Crippen molar-refractivity contribution >= 4 is 17.2 Å². The van der Waals surface area contributed by atoms with Crippen LogP contribution >= 0.6 is 11.3 Å². The number of nitrogens with zero attached hydrogens (tertiary/aromatic N) is 1. The van der Waals surface area contributed by atoms with Crippen LogP contribution in [-0.4, -0.2) is 23.9 Å². The van der Waals surface area contributed by atoms with Crippen molar-refractivity contribution in [2.24, 2.45) is 11.8 Å². The first-order valence-corrected chi connectivity index (χ1v) is 8.16. The number of hydrogen-bond donors (Lipinski definition) is 1. The Morgan fingerprint density at radius 1 is 1.38 bits per heavy atom. The fraction of sp³-hybridized carbons (Fsp3) is 0.438. The van der Waals surface area contributed by atoms with Crippen molar-refractivity contribution in [2.45, 2.75) is 20.0 Å². The molecule has 112 valence electrons. The second kappa shape index (κ2) is 6.45. The van der Waals surface area contributed by atoms with Crippen LogP contribution in [0.3, 0.4) is 0 Å². The monoisotopic (exact) mass is 304 g/mol. The molecule has 1 fully saturated rings. The van der Waals surface area contributed by atoms with Gasteiger partial charge in [0, 0.05) is 11.4 Å². The zero-order chi connectivity index (χ0) is 14.7. The Morgan fingerprint density at radius 2 is 2.29 bits per heavy atom. The third-order valence-corrected chi connectivity index (χ3v) is 4.86. The standard InChI is InChI=1S/C16H20N2O2S/c1-12-8-17-9-15(12)16(19)18(10-13-4-2-6-20-13)11-14-5-3-7-21-14/h2-7,12,15,17H,8-11H2,1H3/t12-,15-/m1/s1. The summed E-state index contributed by atoms with van der Waals surface area (Å²) >= 11 is 1.68. The van der Waals surface area contributed by atoms with E-state index in [4.69, 9.17) is 4.42 Å². The molecule has 4 nitrogen and oxygen atoms in total. The summed E-state index contributed by atoms with van der Waals surface area (Å²) < 4.78 is 5.42. The molecule has 1 aliphatic rings. The molecule has 0 aliphatic carbocycles. The fourth-order valence-electron chi connectivity index (χ4n) is 2.77. The molecule has 0 aromatic carbocycles. The van der Waals surface area contributed by atoms with Crippen molar-refractivity contribution in [3.8, 4) is 0 Å². The Labute approximate surface area is 128 Å². The highest BCUT2D eigenvalue weighted by Gasteiger charge is 2.33. The number of hydrogen-bond acceptors (Lipinski definition) is 4. The summed E-state index contributed by atoms with van der Waals surface area (Å²) in [5.74, 6) is 1.51. The molecule has 1 saturated heterocycles. The quantitative estimate of drug-likeness (QED) is 0.924. The van der Waals surface area contributed by atoms with Crippen LogP contribution in [0.5, 0.6) is 0 Å². The molecule has 2 aromatic rings. The molecule has 1 aliphatic heterocycles. The first-order valence-electron chi connectivity index (χ1n) is 7.28. The summed E-state index contributed by atoms with van der Waals surface area (Å²) in [4.78, 5) is 16.0. The maximum Gasteiger partial charge on any atom is 0.228 e. The smallest absolute Gasteiger partial charge is 0.228 e. The SMILES string of the molecule is C[C@@H]1CNC[C@H]1C(=O)N(Cc1ccco1)Cc1cccs1. The second-order valence-electron chi connectivity index (χ2n) is 5.60. The van der Waals surface area contributed by atoms with Crippen LogP contribution in [0.4, 0.5) is 0 Å². The van der Waals surface area contributed by atoms with Crippen LogP contribution in [0.2, 0.25) is 0 Å². The predicted molar refractivity (Wildman–Crippen MR) is 82.8 cm³/mol. The number of rotatable bonds is 5. The summed E-state index contributed by atoms with van der Waals surface area (Å²) in [6.45, 7) is 5.02. The third-order valence-electron chi connectivity index (χ3n) is 4.00. The van der Waals surface area contributed by atoms with Gasteiger partial charge in [-0.2, -0.15) is 0 Å². The van der Waals surface area contributed by atoms with Gasteiger partial charge < -0.3 is 14.6 Å². The topological polar surface area (TPSA) is 45.5 Å². The van der Waals surface area contributed by atoms with E-state index in [1.54, 1.807) is 17.6 Å². The Kier molecular flexibility index (Phi) is 4.41. The molecule has 2 atom stereocenters. The van der Waals surface area contributed by atoms with Gasteiger partial charge in [0.15, 0.2) is 0 Å². The van der Waals surface area contributed by atoms with E-state index in [1.165, 1.54) is 4.88 Å². The van der Waals surface area contributed by atoms with Gasteiger partial charge in [0.1, 0.15) is 5.76 Å². The van der Waals surface area contributed by atoms with E-state index in [2.05, 4.69) is 18.3 Å². The molecular weight excluding hydrogens is 284 g/mol. The lowest BCUT2D eigenvalue weighted by Gasteiger charge is -2.26. The van der Waals surface area contributed by atoms with Gasteiger partial charge in [-0.3, -0.25) is 4.79 Å². The van der Waals surface area contributed by atoms with E-state index in [-0.39, 0.29) is 11.8 Å². The molecule has 0 spiro atoms. The van der Waals surface area contributed by atoms with Crippen molar-refractivity contribution < 1.29 is 9.21 Å². The Bertz CT molecular complexity index is 529. The van der Waals surface area contributed by atoms with E-state index in [0.717, 1.165) is 18.8 Å². The van der Waals surface area contributed by atoms with Crippen molar-refractivity contribution in [1.29, 1.82) is 0 Å². The third kappa shape index (κ3) is 3.36. The van der Waals surface area contributed by atoms with Gasteiger partial charge in [-0.1, -0.05) is 13.0 Å². The number of amides is 1. The zero-order valence-corrected chi connectivity index (χ0v) is 12.9. The maximum atomic E-state index is 12.9. The summed E-state index contributed by atoms with van der Waals surface area (Å²) in [5, 5.41) is 5.35. The minimum absolute atomic E-state index is 0.0694. The highest BCUT2D eigenvalue weighted by atomic mass is 32.1. The van der Waals surface area contributed by atoms with Gasteiger partial charge in [-0.25, -0.2) is 0 Å².